The zero-order valence-electron chi connectivity index (χ0n) is 9.31. The van der Waals surface area contributed by atoms with Crippen LogP contribution in [0.3, 0.4) is 0 Å². The molecule has 1 rings (SSSR count). The summed E-state index contributed by atoms with van der Waals surface area (Å²) in [6, 6.07) is -0.330. The highest BCUT2D eigenvalue weighted by Crippen LogP contribution is 2.42. The Labute approximate surface area is 86.4 Å². The van der Waals surface area contributed by atoms with E-state index in [0.717, 1.165) is 13.0 Å². The molecule has 0 aromatic rings. The van der Waals surface area contributed by atoms with Crippen LogP contribution in [0.1, 0.15) is 46.0 Å². The summed E-state index contributed by atoms with van der Waals surface area (Å²) in [6.45, 7) is 4.95. The number of carbonyl (C=O) groups is 1. The van der Waals surface area contributed by atoms with Gasteiger partial charge in [0.05, 0.1) is 6.04 Å². The third kappa shape index (κ3) is 2.47. The fraction of sp³-hybridized carbons (Fsp3) is 0.909. The van der Waals surface area contributed by atoms with Gasteiger partial charge < -0.3 is 11.1 Å². The Hall–Kier alpha value is -0.570. The fourth-order valence-corrected chi connectivity index (χ4v) is 1.92. The van der Waals surface area contributed by atoms with Gasteiger partial charge >= 0.3 is 0 Å². The second kappa shape index (κ2) is 4.78. The monoisotopic (exact) mass is 198 g/mol. The van der Waals surface area contributed by atoms with Gasteiger partial charge in [-0.2, -0.15) is 0 Å². The average molecular weight is 198 g/mol. The van der Waals surface area contributed by atoms with Crippen LogP contribution < -0.4 is 11.1 Å². The maximum Gasteiger partial charge on any atom is 0.236 e. The van der Waals surface area contributed by atoms with Gasteiger partial charge in [-0.25, -0.2) is 0 Å². The number of hydrogen-bond donors (Lipinski definition) is 2. The molecule has 1 atom stereocenters. The SMILES string of the molecule is CCC(N)C(=O)NCC1(CC)CCC1. The quantitative estimate of drug-likeness (QED) is 0.702. The molecule has 0 aromatic heterocycles. The second-order valence-electron chi connectivity index (χ2n) is 4.44. The predicted molar refractivity (Wildman–Crippen MR) is 57.9 cm³/mol. The van der Waals surface area contributed by atoms with Crippen LogP contribution in [0.15, 0.2) is 0 Å². The van der Waals surface area contributed by atoms with Gasteiger partial charge in [0.25, 0.3) is 0 Å². The van der Waals surface area contributed by atoms with E-state index in [4.69, 9.17) is 5.73 Å². The first-order valence-electron chi connectivity index (χ1n) is 5.67. The second-order valence-corrected chi connectivity index (χ2v) is 4.44. The summed E-state index contributed by atoms with van der Waals surface area (Å²) >= 11 is 0. The molecule has 82 valence electrons. The van der Waals surface area contributed by atoms with Crippen LogP contribution in [0.5, 0.6) is 0 Å². The fourth-order valence-electron chi connectivity index (χ4n) is 1.92. The summed E-state index contributed by atoms with van der Waals surface area (Å²) in [5, 5.41) is 2.96. The molecular weight excluding hydrogens is 176 g/mol. The van der Waals surface area contributed by atoms with Crippen LogP contribution in [-0.2, 0) is 4.79 Å². The standard InChI is InChI=1S/C11H22N2O/c1-3-9(12)10(14)13-8-11(4-2)6-5-7-11/h9H,3-8,12H2,1-2H3,(H,13,14). The maximum atomic E-state index is 11.4. The van der Waals surface area contributed by atoms with Crippen molar-refractivity contribution in [2.45, 2.75) is 52.0 Å². The van der Waals surface area contributed by atoms with Gasteiger partial charge in [0.15, 0.2) is 0 Å². The van der Waals surface area contributed by atoms with Gasteiger partial charge in [0, 0.05) is 6.54 Å². The highest BCUT2D eigenvalue weighted by atomic mass is 16.2. The Balaban J connectivity index is 2.28. The molecule has 14 heavy (non-hydrogen) atoms. The lowest BCUT2D eigenvalue weighted by Gasteiger charge is -2.41. The summed E-state index contributed by atoms with van der Waals surface area (Å²) in [7, 11) is 0. The van der Waals surface area contributed by atoms with E-state index in [2.05, 4.69) is 12.2 Å². The minimum Gasteiger partial charge on any atom is -0.354 e. The van der Waals surface area contributed by atoms with E-state index in [1.807, 2.05) is 6.92 Å². The van der Waals surface area contributed by atoms with Gasteiger partial charge in [-0.15, -0.1) is 0 Å². The first-order valence-corrected chi connectivity index (χ1v) is 5.67. The van der Waals surface area contributed by atoms with Crippen molar-refractivity contribution < 1.29 is 4.79 Å². The number of carbonyl (C=O) groups excluding carboxylic acids is 1. The largest absolute Gasteiger partial charge is 0.354 e. The predicted octanol–water partition coefficient (Wildman–Crippen LogP) is 1.42. The van der Waals surface area contributed by atoms with Crippen molar-refractivity contribution in [3.8, 4) is 0 Å². The molecule has 0 spiro atoms. The van der Waals surface area contributed by atoms with Crippen molar-refractivity contribution in [3.63, 3.8) is 0 Å². The van der Waals surface area contributed by atoms with Gasteiger partial charge in [-0.05, 0) is 31.1 Å². The Morgan fingerprint density at radius 1 is 1.50 bits per heavy atom. The summed E-state index contributed by atoms with van der Waals surface area (Å²) in [5.41, 5.74) is 6.03. The van der Waals surface area contributed by atoms with E-state index in [1.54, 1.807) is 0 Å². The summed E-state index contributed by atoms with van der Waals surface area (Å²) in [5.74, 6) is 0.00669. The lowest BCUT2D eigenvalue weighted by Crippen LogP contribution is -2.47. The normalized spacial score (nSPS) is 21.1. The molecule has 1 fully saturated rings. The van der Waals surface area contributed by atoms with E-state index in [-0.39, 0.29) is 11.9 Å². The van der Waals surface area contributed by atoms with Crippen LogP contribution in [0.25, 0.3) is 0 Å². The van der Waals surface area contributed by atoms with E-state index in [9.17, 15) is 4.79 Å². The summed E-state index contributed by atoms with van der Waals surface area (Å²) in [4.78, 5) is 11.4. The van der Waals surface area contributed by atoms with Gasteiger partial charge in [0.2, 0.25) is 5.91 Å². The maximum absolute atomic E-state index is 11.4. The van der Waals surface area contributed by atoms with Crippen LogP contribution >= 0.6 is 0 Å². The molecular formula is C11H22N2O. The first-order chi connectivity index (χ1) is 6.63. The van der Waals surface area contributed by atoms with Gasteiger partial charge in [0.1, 0.15) is 0 Å². The number of rotatable bonds is 5. The number of hydrogen-bond acceptors (Lipinski definition) is 2. The molecule has 0 radical (unpaired) electrons. The first kappa shape index (κ1) is 11.5. The molecule has 1 saturated carbocycles. The Morgan fingerprint density at radius 2 is 2.14 bits per heavy atom. The summed E-state index contributed by atoms with van der Waals surface area (Å²) < 4.78 is 0. The van der Waals surface area contributed by atoms with Crippen molar-refractivity contribution in [2.24, 2.45) is 11.1 Å². The molecule has 0 aliphatic heterocycles. The molecule has 0 bridgehead atoms. The highest BCUT2D eigenvalue weighted by molar-refractivity contribution is 5.81. The molecule has 1 amide bonds. The molecule has 0 aromatic carbocycles. The minimum atomic E-state index is -0.330. The molecule has 1 unspecified atom stereocenters. The number of amides is 1. The molecule has 0 heterocycles. The van der Waals surface area contributed by atoms with E-state index < -0.39 is 0 Å². The lowest BCUT2D eigenvalue weighted by atomic mass is 9.67. The average Bonchev–Trinajstić information content (AvgIpc) is 2.15. The topological polar surface area (TPSA) is 55.1 Å². The van der Waals surface area contributed by atoms with Gasteiger partial charge in [-0.3, -0.25) is 4.79 Å². The molecule has 1 aliphatic rings. The number of nitrogens with one attached hydrogen (secondary N) is 1. The van der Waals surface area contributed by atoms with E-state index in [1.165, 1.54) is 19.3 Å². The smallest absolute Gasteiger partial charge is 0.236 e. The zero-order valence-corrected chi connectivity index (χ0v) is 9.31. The summed E-state index contributed by atoms with van der Waals surface area (Å²) in [6.07, 6.45) is 5.69. The zero-order chi connectivity index (χ0) is 10.6. The van der Waals surface area contributed by atoms with Gasteiger partial charge in [-0.1, -0.05) is 20.3 Å². The molecule has 3 N–H and O–H groups in total. The Morgan fingerprint density at radius 3 is 2.50 bits per heavy atom. The van der Waals surface area contributed by atoms with Crippen LogP contribution in [0.2, 0.25) is 0 Å². The molecule has 0 saturated heterocycles. The molecule has 3 heteroatoms. The van der Waals surface area contributed by atoms with Crippen molar-refractivity contribution >= 4 is 5.91 Å². The molecule has 3 nitrogen and oxygen atoms in total. The highest BCUT2D eigenvalue weighted by Gasteiger charge is 2.35. The lowest BCUT2D eigenvalue weighted by molar-refractivity contribution is -0.123. The van der Waals surface area contributed by atoms with Crippen LogP contribution in [-0.4, -0.2) is 18.5 Å². The van der Waals surface area contributed by atoms with Crippen molar-refractivity contribution in [1.29, 1.82) is 0 Å². The van der Waals surface area contributed by atoms with Crippen LogP contribution in [0, 0.1) is 5.41 Å². The van der Waals surface area contributed by atoms with E-state index >= 15 is 0 Å². The number of nitrogens with two attached hydrogens (primary N) is 1. The van der Waals surface area contributed by atoms with Crippen molar-refractivity contribution in [2.75, 3.05) is 6.54 Å². The Kier molecular flexibility index (Phi) is 3.93. The Bertz CT molecular complexity index is 194. The van der Waals surface area contributed by atoms with Crippen molar-refractivity contribution in [3.05, 3.63) is 0 Å². The van der Waals surface area contributed by atoms with Crippen molar-refractivity contribution in [1.82, 2.24) is 5.32 Å². The third-order valence-electron chi connectivity index (χ3n) is 3.58. The van der Waals surface area contributed by atoms with E-state index in [0.29, 0.717) is 11.8 Å². The minimum absolute atomic E-state index is 0.00669. The van der Waals surface area contributed by atoms with Crippen LogP contribution in [0.4, 0.5) is 0 Å². The third-order valence-corrected chi connectivity index (χ3v) is 3.58. The molecule has 1 aliphatic carbocycles.